The summed E-state index contributed by atoms with van der Waals surface area (Å²) in [7, 11) is 2.03. The van der Waals surface area contributed by atoms with Gasteiger partial charge < -0.3 is 10.2 Å². The van der Waals surface area contributed by atoms with Gasteiger partial charge in [-0.25, -0.2) is 0 Å². The maximum atomic E-state index is 5.91. The van der Waals surface area contributed by atoms with E-state index in [1.165, 1.54) is 25.7 Å². The number of aromatic nitrogens is 3. The van der Waals surface area contributed by atoms with Crippen molar-refractivity contribution in [3.05, 3.63) is 5.28 Å². The molecule has 1 aromatic rings. The van der Waals surface area contributed by atoms with Crippen LogP contribution in [0.4, 0.5) is 11.9 Å². The molecule has 1 aromatic heterocycles. The summed E-state index contributed by atoms with van der Waals surface area (Å²) in [6, 6.07) is 0.531. The summed E-state index contributed by atoms with van der Waals surface area (Å²) in [5, 5.41) is 3.31. The van der Waals surface area contributed by atoms with Crippen LogP contribution in [0.5, 0.6) is 0 Å². The molecule has 0 bridgehead atoms. The maximum Gasteiger partial charge on any atom is 0.231 e. The summed E-state index contributed by atoms with van der Waals surface area (Å²) < 4.78 is 0. The Morgan fingerprint density at radius 3 is 2.65 bits per heavy atom. The first-order valence-corrected chi connectivity index (χ1v) is 6.46. The highest BCUT2D eigenvalue weighted by atomic mass is 35.5. The summed E-state index contributed by atoms with van der Waals surface area (Å²) in [6.07, 6.45) is 4.98. The van der Waals surface area contributed by atoms with Crippen molar-refractivity contribution < 1.29 is 0 Å². The zero-order valence-corrected chi connectivity index (χ0v) is 11.0. The van der Waals surface area contributed by atoms with Crippen molar-refractivity contribution in [2.24, 2.45) is 0 Å². The van der Waals surface area contributed by atoms with Gasteiger partial charge in [0.25, 0.3) is 0 Å². The first-order chi connectivity index (χ1) is 8.20. The zero-order chi connectivity index (χ0) is 12.3. The van der Waals surface area contributed by atoms with Gasteiger partial charge in [0, 0.05) is 19.6 Å². The van der Waals surface area contributed by atoms with E-state index in [1.54, 1.807) is 0 Å². The van der Waals surface area contributed by atoms with Crippen molar-refractivity contribution in [2.45, 2.75) is 38.6 Å². The monoisotopic (exact) mass is 255 g/mol. The Balaban J connectivity index is 2.18. The van der Waals surface area contributed by atoms with E-state index in [0.717, 1.165) is 6.54 Å². The second-order valence-electron chi connectivity index (χ2n) is 4.31. The van der Waals surface area contributed by atoms with Gasteiger partial charge in [-0.2, -0.15) is 15.0 Å². The van der Waals surface area contributed by atoms with Gasteiger partial charge >= 0.3 is 0 Å². The van der Waals surface area contributed by atoms with Crippen LogP contribution in [-0.2, 0) is 0 Å². The second-order valence-corrected chi connectivity index (χ2v) is 4.65. The highest BCUT2D eigenvalue weighted by Gasteiger charge is 2.22. The Kier molecular flexibility index (Phi) is 3.99. The van der Waals surface area contributed by atoms with Crippen molar-refractivity contribution in [1.29, 1.82) is 0 Å². The molecule has 0 aromatic carbocycles. The SMILES string of the molecule is CCNc1nc(Cl)nc(N(C)C2CCCC2)n1. The lowest BCUT2D eigenvalue weighted by molar-refractivity contribution is 0.637. The Morgan fingerprint density at radius 2 is 2.00 bits per heavy atom. The standard InChI is InChI=1S/C11H18ClN5/c1-3-13-10-14-9(12)15-11(16-10)17(2)8-6-4-5-7-8/h8H,3-7H2,1-2H3,(H,13,14,15,16). The minimum atomic E-state index is 0.246. The molecule has 1 aliphatic rings. The Hall–Kier alpha value is -1.10. The predicted molar refractivity (Wildman–Crippen MR) is 69.7 cm³/mol. The van der Waals surface area contributed by atoms with Crippen LogP contribution in [0.25, 0.3) is 0 Å². The van der Waals surface area contributed by atoms with Gasteiger partial charge in [0.15, 0.2) is 0 Å². The molecule has 5 nitrogen and oxygen atoms in total. The normalized spacial score (nSPS) is 16.2. The molecule has 0 amide bonds. The molecule has 1 N–H and O–H groups in total. The van der Waals surface area contributed by atoms with E-state index in [0.29, 0.717) is 17.9 Å². The first-order valence-electron chi connectivity index (χ1n) is 6.09. The molecule has 0 aliphatic heterocycles. The van der Waals surface area contributed by atoms with Crippen molar-refractivity contribution in [1.82, 2.24) is 15.0 Å². The van der Waals surface area contributed by atoms with Gasteiger partial charge in [0.1, 0.15) is 0 Å². The fourth-order valence-corrected chi connectivity index (χ4v) is 2.35. The predicted octanol–water partition coefficient (Wildman–Crippen LogP) is 2.34. The summed E-state index contributed by atoms with van der Waals surface area (Å²) in [4.78, 5) is 14.7. The number of halogens is 1. The molecule has 1 heterocycles. The topological polar surface area (TPSA) is 53.9 Å². The second kappa shape index (κ2) is 5.49. The molecule has 1 aliphatic carbocycles. The van der Waals surface area contributed by atoms with E-state index in [9.17, 15) is 0 Å². The Bertz CT molecular complexity index is 378. The van der Waals surface area contributed by atoms with Gasteiger partial charge in [0.05, 0.1) is 0 Å². The zero-order valence-electron chi connectivity index (χ0n) is 10.3. The molecular formula is C11H18ClN5. The molecule has 94 valence electrons. The molecule has 17 heavy (non-hydrogen) atoms. The largest absolute Gasteiger partial charge is 0.354 e. The Labute approximate surface area is 107 Å². The van der Waals surface area contributed by atoms with Crippen molar-refractivity contribution in [3.63, 3.8) is 0 Å². The van der Waals surface area contributed by atoms with Gasteiger partial charge in [-0.05, 0) is 31.4 Å². The quantitative estimate of drug-likeness (QED) is 0.895. The average Bonchev–Trinajstić information content (AvgIpc) is 2.81. The van der Waals surface area contributed by atoms with Crippen molar-refractivity contribution in [3.8, 4) is 0 Å². The van der Waals surface area contributed by atoms with E-state index in [1.807, 2.05) is 14.0 Å². The van der Waals surface area contributed by atoms with Gasteiger partial charge in [-0.1, -0.05) is 12.8 Å². The minimum absolute atomic E-state index is 0.246. The molecule has 1 fully saturated rings. The van der Waals surface area contributed by atoms with Crippen LogP contribution >= 0.6 is 11.6 Å². The third kappa shape index (κ3) is 2.97. The number of hydrogen-bond donors (Lipinski definition) is 1. The van der Waals surface area contributed by atoms with E-state index in [2.05, 4.69) is 25.2 Å². The molecule has 0 saturated heterocycles. The lowest BCUT2D eigenvalue weighted by Crippen LogP contribution is -2.30. The van der Waals surface area contributed by atoms with Crippen molar-refractivity contribution in [2.75, 3.05) is 23.8 Å². The summed E-state index contributed by atoms with van der Waals surface area (Å²) in [6.45, 7) is 2.77. The number of nitrogens with one attached hydrogen (secondary N) is 1. The lowest BCUT2D eigenvalue weighted by atomic mass is 10.2. The van der Waals surface area contributed by atoms with Crippen LogP contribution < -0.4 is 10.2 Å². The highest BCUT2D eigenvalue weighted by Crippen LogP contribution is 2.25. The summed E-state index contributed by atoms with van der Waals surface area (Å²) >= 11 is 5.91. The van der Waals surface area contributed by atoms with Gasteiger partial charge in [-0.15, -0.1) is 0 Å². The van der Waals surface area contributed by atoms with Gasteiger partial charge in [-0.3, -0.25) is 0 Å². The summed E-state index contributed by atoms with van der Waals surface area (Å²) in [5.74, 6) is 1.21. The van der Waals surface area contributed by atoms with Crippen molar-refractivity contribution >= 4 is 23.5 Å². The van der Waals surface area contributed by atoms with Crippen LogP contribution in [0, 0.1) is 0 Å². The Morgan fingerprint density at radius 1 is 1.29 bits per heavy atom. The van der Waals surface area contributed by atoms with E-state index < -0.39 is 0 Å². The van der Waals surface area contributed by atoms with E-state index in [4.69, 9.17) is 11.6 Å². The molecule has 6 heteroatoms. The number of rotatable bonds is 4. The smallest absolute Gasteiger partial charge is 0.231 e. The number of hydrogen-bond acceptors (Lipinski definition) is 5. The van der Waals surface area contributed by atoms with Crippen LogP contribution in [0.2, 0.25) is 5.28 Å². The maximum absolute atomic E-state index is 5.91. The average molecular weight is 256 g/mol. The molecule has 0 unspecified atom stereocenters. The van der Waals surface area contributed by atoms with Crippen LogP contribution in [0.3, 0.4) is 0 Å². The molecule has 0 atom stereocenters. The lowest BCUT2D eigenvalue weighted by Gasteiger charge is -2.24. The third-order valence-electron chi connectivity index (χ3n) is 3.12. The molecular weight excluding hydrogens is 238 g/mol. The highest BCUT2D eigenvalue weighted by molar-refractivity contribution is 6.28. The molecule has 2 rings (SSSR count). The molecule has 0 spiro atoms. The van der Waals surface area contributed by atoms with Crippen LogP contribution in [0.1, 0.15) is 32.6 Å². The van der Waals surface area contributed by atoms with E-state index >= 15 is 0 Å². The summed E-state index contributed by atoms with van der Waals surface area (Å²) in [5.41, 5.74) is 0. The fraction of sp³-hybridized carbons (Fsp3) is 0.727. The van der Waals surface area contributed by atoms with E-state index in [-0.39, 0.29) is 5.28 Å². The first kappa shape index (κ1) is 12.4. The van der Waals surface area contributed by atoms with Gasteiger partial charge in [0.2, 0.25) is 17.2 Å². The van der Waals surface area contributed by atoms with Crippen LogP contribution in [0.15, 0.2) is 0 Å². The molecule has 1 saturated carbocycles. The molecule has 0 radical (unpaired) electrons. The fourth-order valence-electron chi connectivity index (χ4n) is 2.19. The minimum Gasteiger partial charge on any atom is -0.354 e. The number of nitrogens with zero attached hydrogens (tertiary/aromatic N) is 4. The number of anilines is 2. The van der Waals surface area contributed by atoms with Crippen LogP contribution in [-0.4, -0.2) is 34.6 Å². The third-order valence-corrected chi connectivity index (χ3v) is 3.29.